The fraction of sp³-hybridized carbons (Fsp3) is 0.667. The van der Waals surface area contributed by atoms with Crippen molar-refractivity contribution in [3.05, 3.63) is 97.0 Å². The molecule has 3 aliphatic carbocycles. The van der Waals surface area contributed by atoms with Gasteiger partial charge in [0.1, 0.15) is 106 Å². The van der Waals surface area contributed by atoms with Crippen LogP contribution < -0.4 is 28.4 Å². The van der Waals surface area contributed by atoms with Gasteiger partial charge < -0.3 is 71.5 Å². The summed E-state index contributed by atoms with van der Waals surface area (Å²) in [6.45, 7) is 54.5. The van der Waals surface area contributed by atoms with Gasteiger partial charge in [0.2, 0.25) is 35.4 Å². The number of carbonyl (C=O) groups excluding carboxylic acids is 9. The van der Waals surface area contributed by atoms with Crippen LogP contribution in [0.4, 0.5) is 0 Å². The number of methoxy groups -OCH3 is 3. The van der Waals surface area contributed by atoms with E-state index >= 15 is 0 Å². The minimum atomic E-state index is -0.937. The first-order valence-corrected chi connectivity index (χ1v) is 53.2. The van der Waals surface area contributed by atoms with Crippen LogP contribution in [0.1, 0.15) is 313 Å². The van der Waals surface area contributed by atoms with Gasteiger partial charge in [-0.25, -0.2) is 44.3 Å². The highest BCUT2D eigenvalue weighted by molar-refractivity contribution is 5.93. The minimum Gasteiger partial charge on any atom is -0.497 e. The fourth-order valence-electron chi connectivity index (χ4n) is 20.9. The van der Waals surface area contributed by atoms with Gasteiger partial charge in [-0.2, -0.15) is 0 Å². The van der Waals surface area contributed by atoms with Gasteiger partial charge in [-0.3, -0.25) is 28.8 Å². The standard InChI is InChI=1S/C40H57N3O7.C38H55N3O7.C38H53N3O7.CH4/c1-12-14-15-16-25-20-32(25)48-34(44)22-28(39(5,6)7)37(45)43-23-33(27(19-24(3)4)35(43)38(46)50-40(8,9)10)49-36-29(13-2)41-30-18-17-26(47-11)21-31(30)42-36;2*1-22(2)17-25-31-21-41(33(25)36(44)48-38(6,7)8)35(43)26(37(3,4)5)20-32(42)46-30-18-23(30)13-11-10-12-14-28-34(47-31)40-29-19-24(45-9)15-16-27(29)39-28;/h12-13,17-18,21,24-25,27-28,32-33,35H,1-2,14-16,19-20,22-23H2,3-11H3;15-16,19,22-23,25-26,30-31,33H,10-14,17-18,20-21H2,1-9H3;12,14-16,19,22-23,25-26,30-31,33H,10-11,13,17-18,20-21H2,1-9H3;1H4/b;;14-12+;/t25-,27-,28-,32-,33+,35+;2*23-,25-,26-,30-,31+,33+;/m111./s1. The van der Waals surface area contributed by atoms with Crippen molar-refractivity contribution in [3.63, 3.8) is 0 Å². The summed E-state index contributed by atoms with van der Waals surface area (Å²) < 4.78 is 72.1. The summed E-state index contributed by atoms with van der Waals surface area (Å²) in [5.74, 6) is -2.23. The summed E-state index contributed by atoms with van der Waals surface area (Å²) in [7, 11) is 4.81. The van der Waals surface area contributed by atoms with E-state index in [9.17, 15) is 43.2 Å². The van der Waals surface area contributed by atoms with E-state index in [0.29, 0.717) is 111 Å². The molecule has 0 unspecified atom stereocenters. The third-order valence-electron chi connectivity index (χ3n) is 28.7. The molecule has 3 aromatic heterocycles. The summed E-state index contributed by atoms with van der Waals surface area (Å²) in [6, 6.07) is 13.8. The van der Waals surface area contributed by atoms with Gasteiger partial charge in [0.05, 0.1) is 111 Å². The average Bonchev–Trinajstić information content (AvgIpc) is 1.62. The molecule has 0 N–H and O–H groups in total. The van der Waals surface area contributed by atoms with Gasteiger partial charge in [0.15, 0.2) is 0 Å². The van der Waals surface area contributed by atoms with Crippen molar-refractivity contribution in [2.24, 2.45) is 87.3 Å². The monoisotopic (exact) mass is 2040 g/mol. The molecule has 5 aliphatic heterocycles. The number of nitrogens with zero attached hydrogens (tertiary/aromatic N) is 9. The Kier molecular flexibility index (Phi) is 38.5. The van der Waals surface area contributed by atoms with Crippen molar-refractivity contribution in [1.29, 1.82) is 0 Å². The second-order valence-corrected chi connectivity index (χ2v) is 48.9. The van der Waals surface area contributed by atoms with Crippen LogP contribution in [0.5, 0.6) is 34.9 Å². The number of aryl methyl sites for hydroxylation is 1. The molecule has 3 saturated carbocycles. The van der Waals surface area contributed by atoms with Crippen molar-refractivity contribution in [3.8, 4) is 34.9 Å². The van der Waals surface area contributed by atoms with Gasteiger partial charge in [-0.15, -0.1) is 6.58 Å². The molecule has 8 heterocycles. The molecular weight excluding hydrogens is 1870 g/mol. The van der Waals surface area contributed by atoms with Gasteiger partial charge in [0, 0.05) is 36.0 Å². The molecule has 808 valence electrons. The summed E-state index contributed by atoms with van der Waals surface area (Å²) in [5.41, 5.74) is 1.68. The zero-order valence-electron chi connectivity index (χ0n) is 91.9. The van der Waals surface area contributed by atoms with Crippen LogP contribution in [0.15, 0.2) is 79.9 Å². The molecule has 6 fully saturated rings. The number of carbonyl (C=O) groups is 9. The van der Waals surface area contributed by atoms with Gasteiger partial charge >= 0.3 is 35.8 Å². The van der Waals surface area contributed by atoms with E-state index in [-0.39, 0.29) is 124 Å². The number of fused-ring (bicyclic) bond motifs is 11. The Morgan fingerprint density at radius 1 is 0.497 bits per heavy atom. The first kappa shape index (κ1) is 116. The van der Waals surface area contributed by atoms with Crippen LogP contribution >= 0.6 is 0 Å². The number of hydrogen-bond donors (Lipinski definition) is 0. The van der Waals surface area contributed by atoms with Gasteiger partial charge in [-0.05, 0) is 259 Å². The number of hydrogen-bond acceptors (Lipinski definition) is 27. The maximum absolute atomic E-state index is 14.7. The van der Waals surface area contributed by atoms with Crippen LogP contribution in [-0.2, 0) is 78.0 Å². The number of ether oxygens (including phenoxy) is 12. The van der Waals surface area contributed by atoms with E-state index in [1.54, 1.807) is 48.2 Å². The molecule has 30 nitrogen and oxygen atoms in total. The fourth-order valence-corrected chi connectivity index (χ4v) is 20.9. The first-order valence-electron chi connectivity index (χ1n) is 53.2. The predicted molar refractivity (Wildman–Crippen MR) is 567 cm³/mol. The summed E-state index contributed by atoms with van der Waals surface area (Å²) >= 11 is 0. The van der Waals surface area contributed by atoms with Crippen LogP contribution in [0.3, 0.4) is 0 Å². The first-order chi connectivity index (χ1) is 68.5. The third kappa shape index (κ3) is 31.3. The van der Waals surface area contributed by atoms with Gasteiger partial charge in [-0.1, -0.05) is 143 Å². The molecule has 3 saturated heterocycles. The molecule has 18 atom stereocenters. The number of unbranched alkanes of at least 4 members (excludes halogenated alkanes) is 1. The molecule has 4 bridgehead atoms. The van der Waals surface area contributed by atoms with E-state index in [2.05, 4.69) is 60.8 Å². The summed E-state index contributed by atoms with van der Waals surface area (Å²) in [4.78, 5) is 160. The summed E-state index contributed by atoms with van der Waals surface area (Å²) in [5, 5.41) is 0. The maximum atomic E-state index is 14.7. The van der Waals surface area contributed by atoms with Crippen molar-refractivity contribution in [2.75, 3.05) is 41.0 Å². The van der Waals surface area contributed by atoms with Crippen LogP contribution in [-0.4, -0.2) is 211 Å². The highest BCUT2D eigenvalue weighted by atomic mass is 16.6. The van der Waals surface area contributed by atoms with Crippen molar-refractivity contribution >= 4 is 98.8 Å². The van der Waals surface area contributed by atoms with Crippen LogP contribution in [0.25, 0.3) is 45.3 Å². The zero-order chi connectivity index (χ0) is 107. The lowest BCUT2D eigenvalue weighted by Gasteiger charge is -2.36. The molecule has 30 heteroatoms. The van der Waals surface area contributed by atoms with Gasteiger partial charge in [0.25, 0.3) is 0 Å². The molecule has 0 radical (unpaired) electrons. The number of aromatic nitrogens is 6. The van der Waals surface area contributed by atoms with Crippen LogP contribution in [0.2, 0.25) is 0 Å². The van der Waals surface area contributed by atoms with E-state index < -0.39 is 123 Å². The minimum absolute atomic E-state index is 0. The number of amides is 3. The second kappa shape index (κ2) is 48.7. The average molecular weight is 2040 g/mol. The lowest BCUT2D eigenvalue weighted by Crippen LogP contribution is -2.50. The lowest BCUT2D eigenvalue weighted by atomic mass is 9.77. The van der Waals surface area contributed by atoms with E-state index in [1.807, 2.05) is 185 Å². The molecule has 3 aromatic carbocycles. The highest BCUT2D eigenvalue weighted by Gasteiger charge is 2.58. The molecular formula is C117H169N9O21. The Balaban J connectivity index is 0.000000209. The molecule has 147 heavy (non-hydrogen) atoms. The largest absolute Gasteiger partial charge is 0.497 e. The second-order valence-electron chi connectivity index (χ2n) is 48.9. The maximum Gasteiger partial charge on any atom is 0.329 e. The highest BCUT2D eigenvalue weighted by Crippen LogP contribution is 2.49. The van der Waals surface area contributed by atoms with Crippen molar-refractivity contribution < 1.29 is 100.0 Å². The summed E-state index contributed by atoms with van der Waals surface area (Å²) in [6.07, 6.45) is 19.8. The van der Waals surface area contributed by atoms with Crippen molar-refractivity contribution in [2.45, 2.75) is 374 Å². The smallest absolute Gasteiger partial charge is 0.329 e. The number of allylic oxidation sites excluding steroid dienone is 2. The van der Waals surface area contributed by atoms with E-state index in [1.165, 1.54) is 0 Å². The predicted octanol–water partition coefficient (Wildman–Crippen LogP) is 21.7. The third-order valence-corrected chi connectivity index (χ3v) is 28.7. The molecule has 14 rings (SSSR count). The van der Waals surface area contributed by atoms with E-state index in [0.717, 1.165) is 94.7 Å². The number of esters is 6. The Morgan fingerprint density at radius 3 is 1.41 bits per heavy atom. The Morgan fingerprint density at radius 2 is 0.952 bits per heavy atom. The number of likely N-dealkylation sites (tertiary alicyclic amines) is 1. The number of benzene rings is 3. The Hall–Kier alpha value is -11.1. The zero-order valence-corrected chi connectivity index (χ0v) is 91.9. The molecule has 8 aliphatic rings. The topological polar surface area (TPSA) is 351 Å². The Bertz CT molecular complexity index is 5670. The lowest BCUT2D eigenvalue weighted by molar-refractivity contribution is -0.167. The van der Waals surface area contributed by atoms with Crippen molar-refractivity contribution in [1.82, 2.24) is 44.6 Å². The molecule has 6 aromatic rings. The van der Waals surface area contributed by atoms with Crippen LogP contribution in [0, 0.1) is 87.3 Å². The quantitative estimate of drug-likeness (QED) is 0.0249. The SMILES string of the molecule is C.C=CCCC[C@@H]1C[C@H]1OC(=O)C[C@H](C(=O)N1C[C@H](Oc2nc3cc(OC)ccc3nc2C=C)[C@@H](CC(C)C)[C@H]1C(=O)OC(C)(C)C)C(C)(C)C.COc1ccc2nc3c(nc2c1)O[C@H]1CN(C(=O)[C@H](C(C)(C)C)CC(=O)O[C@@H]2C[C@H]2CCC/C=C/3)[C@H](C(=O)OC(C)(C)C)[C@@H]1CC(C)C.COc1ccc2nc3c(nc2c1)O[C@H]1CN(C(=O)[C@H](C(C)(C)C)CC(=O)O[C@@H]2C[C@H]2CCCCC3)[C@H](C(=O)OC(C)(C)C)[C@@H]1CC(C)C. The normalized spacial score (nSPS) is 25.6. The Labute approximate surface area is 872 Å². The number of rotatable bonds is 23. The molecule has 3 amide bonds. The van der Waals surface area contributed by atoms with E-state index in [4.69, 9.17) is 86.7 Å². The molecule has 0 spiro atoms.